The third-order valence-corrected chi connectivity index (χ3v) is 4.35. The zero-order valence-electron chi connectivity index (χ0n) is 11.3. The van der Waals surface area contributed by atoms with E-state index < -0.39 is 0 Å². The predicted molar refractivity (Wildman–Crippen MR) is 68.5 cm³/mol. The van der Waals surface area contributed by atoms with Crippen LogP contribution in [-0.2, 0) is 4.74 Å². The van der Waals surface area contributed by atoms with Crippen molar-refractivity contribution in [3.05, 3.63) is 0 Å². The highest BCUT2D eigenvalue weighted by atomic mass is 16.5. The third-order valence-electron chi connectivity index (χ3n) is 4.35. The van der Waals surface area contributed by atoms with Crippen molar-refractivity contribution in [3.8, 4) is 0 Å². The summed E-state index contributed by atoms with van der Waals surface area (Å²) in [5.74, 6) is 0.861. The maximum absolute atomic E-state index is 5.96. The van der Waals surface area contributed by atoms with Crippen molar-refractivity contribution < 1.29 is 4.74 Å². The van der Waals surface area contributed by atoms with Crippen molar-refractivity contribution in [2.75, 3.05) is 26.7 Å². The van der Waals surface area contributed by atoms with Crippen LogP contribution in [0.4, 0.5) is 0 Å². The van der Waals surface area contributed by atoms with E-state index in [1.54, 1.807) is 7.11 Å². The molecule has 3 unspecified atom stereocenters. The minimum atomic E-state index is -0.00274. The molecule has 1 heterocycles. The van der Waals surface area contributed by atoms with E-state index >= 15 is 0 Å². The van der Waals surface area contributed by atoms with E-state index in [-0.39, 0.29) is 11.6 Å². The molecule has 1 aliphatic heterocycles. The van der Waals surface area contributed by atoms with Crippen LogP contribution in [0.3, 0.4) is 0 Å². The summed E-state index contributed by atoms with van der Waals surface area (Å²) in [6.45, 7) is 9.65. The van der Waals surface area contributed by atoms with E-state index in [1.165, 1.54) is 32.4 Å². The molecule has 0 saturated carbocycles. The number of likely N-dealkylation sites (tertiary alicyclic amines) is 1. The van der Waals surface area contributed by atoms with Crippen LogP contribution >= 0.6 is 0 Å². The van der Waals surface area contributed by atoms with Gasteiger partial charge in [-0.1, -0.05) is 13.3 Å². The SMILES string of the molecule is CCCC1CCN(C(C)(CN)C(C)OC)C1. The van der Waals surface area contributed by atoms with Crippen LogP contribution in [0.1, 0.15) is 40.0 Å². The molecule has 2 N–H and O–H groups in total. The van der Waals surface area contributed by atoms with E-state index in [4.69, 9.17) is 10.5 Å². The van der Waals surface area contributed by atoms with Gasteiger partial charge in [-0.05, 0) is 39.2 Å². The Hall–Kier alpha value is -0.120. The second-order valence-corrected chi connectivity index (χ2v) is 5.33. The lowest BCUT2D eigenvalue weighted by molar-refractivity contribution is -0.0223. The fourth-order valence-electron chi connectivity index (χ4n) is 2.75. The summed E-state index contributed by atoms with van der Waals surface area (Å²) in [5.41, 5.74) is 5.96. The molecule has 1 saturated heterocycles. The van der Waals surface area contributed by atoms with Gasteiger partial charge in [0.2, 0.25) is 0 Å². The first-order chi connectivity index (χ1) is 7.58. The summed E-state index contributed by atoms with van der Waals surface area (Å²) in [4.78, 5) is 2.53. The predicted octanol–water partition coefficient (Wildman–Crippen LogP) is 1.86. The van der Waals surface area contributed by atoms with Gasteiger partial charge in [-0.15, -0.1) is 0 Å². The summed E-state index contributed by atoms with van der Waals surface area (Å²) >= 11 is 0. The molecule has 3 heteroatoms. The highest BCUT2D eigenvalue weighted by Crippen LogP contribution is 2.30. The van der Waals surface area contributed by atoms with Gasteiger partial charge in [0.25, 0.3) is 0 Å². The van der Waals surface area contributed by atoms with Crippen molar-refractivity contribution in [2.24, 2.45) is 11.7 Å². The molecule has 0 aromatic heterocycles. The fourth-order valence-corrected chi connectivity index (χ4v) is 2.75. The van der Waals surface area contributed by atoms with Gasteiger partial charge in [0.05, 0.1) is 11.6 Å². The molecule has 0 amide bonds. The Bertz CT molecular complexity index is 210. The number of hydrogen-bond acceptors (Lipinski definition) is 3. The van der Waals surface area contributed by atoms with Crippen LogP contribution in [0.25, 0.3) is 0 Å². The lowest BCUT2D eigenvalue weighted by atomic mass is 9.93. The molecular weight excluding hydrogens is 200 g/mol. The van der Waals surface area contributed by atoms with Crippen molar-refractivity contribution in [1.82, 2.24) is 4.90 Å². The van der Waals surface area contributed by atoms with Gasteiger partial charge >= 0.3 is 0 Å². The van der Waals surface area contributed by atoms with Gasteiger partial charge in [0, 0.05) is 20.2 Å². The topological polar surface area (TPSA) is 38.5 Å². The molecule has 3 nitrogen and oxygen atoms in total. The Morgan fingerprint density at radius 2 is 2.25 bits per heavy atom. The first-order valence-electron chi connectivity index (χ1n) is 6.56. The molecule has 0 spiro atoms. The maximum Gasteiger partial charge on any atom is 0.0736 e. The molecule has 0 aliphatic carbocycles. The summed E-state index contributed by atoms with van der Waals surface area (Å²) < 4.78 is 5.49. The van der Waals surface area contributed by atoms with Crippen LogP contribution in [0.15, 0.2) is 0 Å². The summed E-state index contributed by atoms with van der Waals surface area (Å²) in [6.07, 6.45) is 4.15. The van der Waals surface area contributed by atoms with E-state index in [9.17, 15) is 0 Å². The smallest absolute Gasteiger partial charge is 0.0736 e. The fraction of sp³-hybridized carbons (Fsp3) is 1.00. The van der Waals surface area contributed by atoms with Crippen LogP contribution in [0.2, 0.25) is 0 Å². The Morgan fingerprint density at radius 3 is 2.75 bits per heavy atom. The summed E-state index contributed by atoms with van der Waals surface area (Å²) in [5, 5.41) is 0. The quantitative estimate of drug-likeness (QED) is 0.754. The number of nitrogens with zero attached hydrogens (tertiary/aromatic N) is 1. The first kappa shape index (κ1) is 13.9. The van der Waals surface area contributed by atoms with Gasteiger partial charge in [0.15, 0.2) is 0 Å². The molecule has 1 aliphatic rings. The van der Waals surface area contributed by atoms with Crippen molar-refractivity contribution in [2.45, 2.75) is 51.7 Å². The molecular formula is C13H28N2O. The molecule has 96 valence electrons. The Kier molecular flexibility index (Phi) is 5.22. The van der Waals surface area contributed by atoms with Crippen molar-refractivity contribution in [3.63, 3.8) is 0 Å². The lowest BCUT2D eigenvalue weighted by Gasteiger charge is -2.42. The standard InChI is InChI=1S/C13H28N2O/c1-5-6-12-7-8-15(9-12)13(3,10-14)11(2)16-4/h11-12H,5-10,14H2,1-4H3. The van der Waals surface area contributed by atoms with E-state index in [0.717, 1.165) is 5.92 Å². The van der Waals surface area contributed by atoms with Crippen LogP contribution in [0, 0.1) is 5.92 Å². The van der Waals surface area contributed by atoms with Gasteiger partial charge in [-0.2, -0.15) is 0 Å². The first-order valence-corrected chi connectivity index (χ1v) is 6.56. The molecule has 16 heavy (non-hydrogen) atoms. The highest BCUT2D eigenvalue weighted by Gasteiger charge is 2.39. The average Bonchev–Trinajstić information content (AvgIpc) is 2.76. The largest absolute Gasteiger partial charge is 0.380 e. The summed E-state index contributed by atoms with van der Waals surface area (Å²) in [6, 6.07) is 0. The average molecular weight is 228 g/mol. The molecule has 0 radical (unpaired) electrons. The second-order valence-electron chi connectivity index (χ2n) is 5.33. The van der Waals surface area contributed by atoms with Gasteiger partial charge in [0.1, 0.15) is 0 Å². The summed E-state index contributed by atoms with van der Waals surface area (Å²) in [7, 11) is 1.78. The number of methoxy groups -OCH3 is 1. The van der Waals surface area contributed by atoms with E-state index in [2.05, 4.69) is 25.7 Å². The van der Waals surface area contributed by atoms with Gasteiger partial charge in [-0.25, -0.2) is 0 Å². The van der Waals surface area contributed by atoms with Crippen LogP contribution < -0.4 is 5.73 Å². The van der Waals surface area contributed by atoms with Crippen molar-refractivity contribution in [1.29, 1.82) is 0 Å². The number of nitrogens with two attached hydrogens (primary N) is 1. The highest BCUT2D eigenvalue weighted by molar-refractivity contribution is 4.96. The molecule has 0 aromatic rings. The minimum absolute atomic E-state index is 0.00274. The zero-order valence-corrected chi connectivity index (χ0v) is 11.3. The molecule has 0 bridgehead atoms. The zero-order chi connectivity index (χ0) is 12.2. The molecule has 3 atom stereocenters. The number of rotatable bonds is 6. The Labute approximate surface area is 100 Å². The lowest BCUT2D eigenvalue weighted by Crippen LogP contribution is -2.58. The van der Waals surface area contributed by atoms with Crippen LogP contribution in [-0.4, -0.2) is 43.3 Å². The van der Waals surface area contributed by atoms with E-state index in [0.29, 0.717) is 6.54 Å². The molecule has 1 rings (SSSR count). The second kappa shape index (κ2) is 5.99. The van der Waals surface area contributed by atoms with Crippen LogP contribution in [0.5, 0.6) is 0 Å². The third kappa shape index (κ3) is 2.76. The maximum atomic E-state index is 5.96. The Balaban J connectivity index is 2.61. The van der Waals surface area contributed by atoms with Crippen molar-refractivity contribution >= 4 is 0 Å². The van der Waals surface area contributed by atoms with E-state index in [1.807, 2.05) is 0 Å². The molecule has 1 fully saturated rings. The normalized spacial score (nSPS) is 27.9. The number of ether oxygens (including phenoxy) is 1. The minimum Gasteiger partial charge on any atom is -0.380 e. The molecule has 0 aromatic carbocycles. The van der Waals surface area contributed by atoms with Gasteiger partial charge < -0.3 is 10.5 Å². The van der Waals surface area contributed by atoms with Gasteiger partial charge in [-0.3, -0.25) is 4.90 Å². The Morgan fingerprint density at radius 1 is 1.56 bits per heavy atom. The number of hydrogen-bond donors (Lipinski definition) is 1. The monoisotopic (exact) mass is 228 g/mol.